The average molecular weight is 550 g/mol. The monoisotopic (exact) mass is 549 g/mol. The van der Waals surface area contributed by atoms with Crippen LogP contribution in [0.5, 0.6) is 0 Å². The Morgan fingerprint density at radius 3 is 1.67 bits per heavy atom. The van der Waals surface area contributed by atoms with E-state index in [0.717, 1.165) is 19.1 Å². The van der Waals surface area contributed by atoms with Gasteiger partial charge in [0, 0.05) is 44.9 Å². The van der Waals surface area contributed by atoms with Crippen molar-refractivity contribution in [2.75, 3.05) is 6.54 Å². The zero-order valence-electron chi connectivity index (χ0n) is 22.7. The Morgan fingerprint density at radius 2 is 1.18 bits per heavy atom. The van der Waals surface area contributed by atoms with Crippen molar-refractivity contribution in [3.05, 3.63) is 97.1 Å². The third-order valence-corrected chi connectivity index (χ3v) is 13.7. The van der Waals surface area contributed by atoms with Crippen LogP contribution in [0.3, 0.4) is 0 Å². The molecular formula is C34H33NO2P2. The topological polar surface area (TPSA) is 29.5 Å². The predicted molar refractivity (Wildman–Crippen MR) is 169 cm³/mol. The number of amides is 1. The average Bonchev–Trinajstić information content (AvgIpc) is 3.59. The Hall–Kier alpha value is -3.25. The van der Waals surface area contributed by atoms with E-state index in [1.54, 1.807) is 0 Å². The van der Waals surface area contributed by atoms with Crippen LogP contribution in [0.2, 0.25) is 0 Å². The Balaban J connectivity index is 1.34. The summed E-state index contributed by atoms with van der Waals surface area (Å²) in [6, 6.07) is 35.7. The molecular weight excluding hydrogens is 516 g/mol. The lowest BCUT2D eigenvalue weighted by Crippen LogP contribution is -2.40. The van der Waals surface area contributed by atoms with Crippen LogP contribution in [0.1, 0.15) is 32.9 Å². The van der Waals surface area contributed by atoms with Crippen LogP contribution in [0.15, 0.2) is 97.1 Å². The van der Waals surface area contributed by atoms with Gasteiger partial charge in [0.2, 0.25) is 0 Å². The number of carbonyl (C=O) groups excluding carboxylic acids is 1. The van der Waals surface area contributed by atoms with E-state index >= 15 is 0 Å². The molecule has 4 aromatic carbocycles. The fourth-order valence-electron chi connectivity index (χ4n) is 6.55. The molecule has 1 aliphatic heterocycles. The maximum atomic E-state index is 13.7. The molecule has 0 saturated carbocycles. The van der Waals surface area contributed by atoms with E-state index in [1.807, 2.05) is 20.8 Å². The number of rotatable bonds is 3. The predicted octanol–water partition coefficient (Wildman–Crippen LogP) is 10.5. The van der Waals surface area contributed by atoms with Gasteiger partial charge in [-0.1, -0.05) is 97.1 Å². The molecule has 2 aromatic heterocycles. The quantitative estimate of drug-likeness (QED) is 0.220. The lowest BCUT2D eigenvalue weighted by Gasteiger charge is -2.28. The summed E-state index contributed by atoms with van der Waals surface area (Å²) < 4.78 is 6.01. The molecule has 0 radical (unpaired) electrons. The summed E-state index contributed by atoms with van der Waals surface area (Å²) in [5, 5.41) is 11.3. The Labute approximate surface area is 231 Å². The van der Waals surface area contributed by atoms with Crippen LogP contribution in [-0.4, -0.2) is 29.2 Å². The number of hydrogen-bond donors (Lipinski definition) is 0. The molecule has 0 aliphatic carbocycles. The number of likely N-dealkylation sites (tertiary alicyclic amines) is 1. The first-order chi connectivity index (χ1) is 18.9. The summed E-state index contributed by atoms with van der Waals surface area (Å²) in [6.07, 6.45) is 1.82. The van der Waals surface area contributed by atoms with Crippen LogP contribution in [0, 0.1) is 0 Å². The first kappa shape index (κ1) is 24.8. The summed E-state index contributed by atoms with van der Waals surface area (Å²) in [4.78, 5) is 15.8. The standard InChI is InChI=1S/C34H33NO2P2/c1-34(2,3)37-33(36)35-21-24(39-31-18-10-6-14-27(31)28-15-7-11-19-32(28)39)20-23(35)22-38-29-16-8-4-12-25(29)26-13-5-9-17-30(26)38/h4-19,23-24H,20-22H2,1-3H3. The first-order valence-corrected chi connectivity index (χ1v) is 16.8. The highest BCUT2D eigenvalue weighted by molar-refractivity contribution is 7.62. The molecule has 1 fully saturated rings. The number of hydrogen-bond acceptors (Lipinski definition) is 2. The van der Waals surface area contributed by atoms with Gasteiger partial charge in [-0.3, -0.25) is 0 Å². The molecule has 2 atom stereocenters. The van der Waals surface area contributed by atoms with E-state index in [2.05, 4.69) is 102 Å². The van der Waals surface area contributed by atoms with Gasteiger partial charge < -0.3 is 9.64 Å². The van der Waals surface area contributed by atoms with Gasteiger partial charge in [0.15, 0.2) is 0 Å². The Bertz CT molecular complexity index is 1750. The van der Waals surface area contributed by atoms with E-state index in [-0.39, 0.29) is 12.1 Å². The second-order valence-corrected chi connectivity index (χ2v) is 16.3. The second-order valence-electron chi connectivity index (χ2n) is 11.7. The van der Waals surface area contributed by atoms with Crippen molar-refractivity contribution < 1.29 is 9.53 Å². The number of ether oxygens (including phenoxy) is 1. The van der Waals surface area contributed by atoms with Gasteiger partial charge in [-0.15, -0.1) is 15.1 Å². The van der Waals surface area contributed by atoms with Crippen LogP contribution in [-0.2, 0) is 10.9 Å². The lowest BCUT2D eigenvalue weighted by atomic mass is 10.2. The van der Waals surface area contributed by atoms with Gasteiger partial charge in [-0.25, -0.2) is 4.79 Å². The van der Waals surface area contributed by atoms with E-state index in [0.29, 0.717) is 5.66 Å². The summed E-state index contributed by atoms with van der Waals surface area (Å²) >= 11 is 0. The molecule has 0 spiro atoms. The molecule has 1 amide bonds. The smallest absolute Gasteiger partial charge is 0.410 e. The minimum atomic E-state index is -0.554. The third kappa shape index (κ3) is 4.24. The maximum Gasteiger partial charge on any atom is 0.410 e. The SMILES string of the molecule is CC(C)(C)OC(=O)N1CC(p2c3ccccc3c3ccccc32)CC1Cp1c2ccccc2c2ccccc21. The van der Waals surface area contributed by atoms with Crippen molar-refractivity contribution in [1.82, 2.24) is 4.90 Å². The van der Waals surface area contributed by atoms with E-state index in [9.17, 15) is 4.79 Å². The highest BCUT2D eigenvalue weighted by Crippen LogP contribution is 2.60. The van der Waals surface area contributed by atoms with Crippen LogP contribution in [0.4, 0.5) is 4.79 Å². The minimum Gasteiger partial charge on any atom is -0.444 e. The molecule has 0 bridgehead atoms. The first-order valence-electron chi connectivity index (χ1n) is 13.8. The van der Waals surface area contributed by atoms with E-state index < -0.39 is 20.7 Å². The van der Waals surface area contributed by atoms with E-state index in [1.165, 1.54) is 42.0 Å². The number of benzene rings is 4. The molecule has 196 valence electrons. The van der Waals surface area contributed by atoms with Crippen LogP contribution in [0.25, 0.3) is 42.0 Å². The van der Waals surface area contributed by atoms with E-state index in [4.69, 9.17) is 4.74 Å². The van der Waals surface area contributed by atoms with Crippen LogP contribution >= 0.6 is 15.1 Å². The highest BCUT2D eigenvalue weighted by atomic mass is 31.1. The second kappa shape index (κ2) is 9.44. The van der Waals surface area contributed by atoms with Crippen molar-refractivity contribution in [2.45, 2.75) is 50.7 Å². The van der Waals surface area contributed by atoms with Gasteiger partial charge in [-0.2, -0.15) is 0 Å². The minimum absolute atomic E-state index is 0.151. The Kier molecular flexibility index (Phi) is 6.00. The summed E-state index contributed by atoms with van der Waals surface area (Å²) in [6.45, 7) is 6.65. The van der Waals surface area contributed by atoms with Crippen LogP contribution < -0.4 is 0 Å². The van der Waals surface area contributed by atoms with Crippen molar-refractivity contribution >= 4 is 63.2 Å². The number of nitrogens with zero attached hydrogens (tertiary/aromatic N) is 1. The van der Waals surface area contributed by atoms with Gasteiger partial charge in [0.25, 0.3) is 0 Å². The number of fused-ring (bicyclic) bond motifs is 6. The van der Waals surface area contributed by atoms with Gasteiger partial charge in [0.1, 0.15) is 5.60 Å². The fraction of sp³-hybridized carbons (Fsp3) is 0.265. The molecule has 1 aliphatic rings. The summed E-state index contributed by atoms with van der Waals surface area (Å²) in [7, 11) is -1.11. The molecule has 3 heterocycles. The molecule has 3 nitrogen and oxygen atoms in total. The molecule has 1 saturated heterocycles. The molecule has 39 heavy (non-hydrogen) atoms. The van der Waals surface area contributed by atoms with Gasteiger partial charge in [-0.05, 0) is 48.7 Å². The Morgan fingerprint density at radius 1 is 0.744 bits per heavy atom. The normalized spacial score (nSPS) is 18.1. The van der Waals surface area contributed by atoms with Gasteiger partial charge in [0.05, 0.1) is 0 Å². The van der Waals surface area contributed by atoms with Crippen molar-refractivity contribution in [3.63, 3.8) is 0 Å². The fourth-order valence-corrected chi connectivity index (χ4v) is 12.7. The zero-order chi connectivity index (χ0) is 26.7. The lowest BCUT2D eigenvalue weighted by molar-refractivity contribution is 0.0233. The zero-order valence-corrected chi connectivity index (χ0v) is 24.5. The maximum absolute atomic E-state index is 13.7. The molecule has 6 aromatic rings. The largest absolute Gasteiger partial charge is 0.444 e. The molecule has 7 rings (SSSR count). The molecule has 2 unspecified atom stereocenters. The molecule has 5 heteroatoms. The van der Waals surface area contributed by atoms with Gasteiger partial charge >= 0.3 is 6.09 Å². The van der Waals surface area contributed by atoms with Crippen molar-refractivity contribution in [1.29, 1.82) is 0 Å². The number of carbonyl (C=O) groups is 1. The van der Waals surface area contributed by atoms with Crippen molar-refractivity contribution in [2.24, 2.45) is 0 Å². The summed E-state index contributed by atoms with van der Waals surface area (Å²) in [5.41, 5.74) is -0.111. The molecule has 0 N–H and O–H groups in total. The van der Waals surface area contributed by atoms with Crippen molar-refractivity contribution in [3.8, 4) is 0 Å². The highest BCUT2D eigenvalue weighted by Gasteiger charge is 2.40. The third-order valence-electron chi connectivity index (χ3n) is 8.08. The summed E-state index contributed by atoms with van der Waals surface area (Å²) in [5.74, 6) is 0.